The molecule has 1 aliphatic heterocycles. The summed E-state index contributed by atoms with van der Waals surface area (Å²) in [5.41, 5.74) is 1.46. The van der Waals surface area contributed by atoms with Crippen LogP contribution >= 0.6 is 11.8 Å². The third kappa shape index (κ3) is 1.52. The summed E-state index contributed by atoms with van der Waals surface area (Å²) in [5.74, 6) is -1.18. The number of benzene rings is 1. The molecule has 5 nitrogen and oxygen atoms in total. The highest BCUT2D eigenvalue weighted by Gasteiger charge is 2.32. The van der Waals surface area contributed by atoms with Crippen LogP contribution in [0.1, 0.15) is 11.2 Å². The maximum absolute atomic E-state index is 11.9. The molecule has 0 unspecified atom stereocenters. The lowest BCUT2D eigenvalue weighted by molar-refractivity contribution is -0.136. The molecule has 3 rings (SSSR count). The number of thioether (sulfide) groups is 1. The minimum Gasteiger partial charge on any atom is -0.480 e. The zero-order valence-corrected chi connectivity index (χ0v) is 9.48. The van der Waals surface area contributed by atoms with Gasteiger partial charge in [0, 0.05) is 0 Å². The standard InChI is InChI=1S/C11H8N2O3S/c14-9-5-8(10(15)16)17-11-12-6-3-1-2-4-7(6)13(9)11/h1-4,8H,5H2,(H,15,16)/t8-/m0/s1. The Labute approximate surface area is 100 Å². The van der Waals surface area contributed by atoms with Crippen molar-refractivity contribution in [2.75, 3.05) is 0 Å². The maximum atomic E-state index is 11.9. The normalized spacial score (nSPS) is 19.3. The van der Waals surface area contributed by atoms with E-state index in [9.17, 15) is 9.59 Å². The van der Waals surface area contributed by atoms with Gasteiger partial charge in [-0.1, -0.05) is 23.9 Å². The molecular formula is C11H8N2O3S. The molecule has 0 spiro atoms. The van der Waals surface area contributed by atoms with Gasteiger partial charge >= 0.3 is 5.97 Å². The van der Waals surface area contributed by atoms with E-state index in [1.165, 1.54) is 4.57 Å². The monoisotopic (exact) mass is 248 g/mol. The van der Waals surface area contributed by atoms with Crippen LogP contribution in [0.3, 0.4) is 0 Å². The lowest BCUT2D eigenvalue weighted by Crippen LogP contribution is -2.28. The number of carboxylic acids is 1. The van der Waals surface area contributed by atoms with Crippen molar-refractivity contribution in [1.29, 1.82) is 0 Å². The number of nitrogens with zero attached hydrogens (tertiary/aromatic N) is 2. The van der Waals surface area contributed by atoms with Gasteiger partial charge in [-0.3, -0.25) is 14.2 Å². The van der Waals surface area contributed by atoms with E-state index < -0.39 is 11.2 Å². The third-order valence-corrected chi connectivity index (χ3v) is 3.80. The number of aliphatic carboxylic acids is 1. The van der Waals surface area contributed by atoms with Crippen LogP contribution in [0.25, 0.3) is 11.0 Å². The van der Waals surface area contributed by atoms with Crippen LogP contribution in [-0.4, -0.2) is 31.8 Å². The fraction of sp³-hybridized carbons (Fsp3) is 0.182. The number of para-hydroxylation sites is 2. The number of carbonyl (C=O) groups is 2. The molecular weight excluding hydrogens is 240 g/mol. The van der Waals surface area contributed by atoms with Gasteiger partial charge in [-0.25, -0.2) is 4.98 Å². The lowest BCUT2D eigenvalue weighted by atomic mass is 10.2. The fourth-order valence-electron chi connectivity index (χ4n) is 1.88. The Morgan fingerprint density at radius 3 is 3.00 bits per heavy atom. The second-order valence-electron chi connectivity index (χ2n) is 3.76. The van der Waals surface area contributed by atoms with E-state index in [1.807, 2.05) is 24.3 Å². The van der Waals surface area contributed by atoms with E-state index in [2.05, 4.69) is 4.98 Å². The minimum absolute atomic E-state index is 0.00730. The van der Waals surface area contributed by atoms with E-state index in [0.29, 0.717) is 5.16 Å². The van der Waals surface area contributed by atoms with Crippen molar-refractivity contribution >= 4 is 34.7 Å². The van der Waals surface area contributed by atoms with E-state index in [0.717, 1.165) is 22.8 Å². The van der Waals surface area contributed by atoms with Crippen LogP contribution < -0.4 is 0 Å². The first kappa shape index (κ1) is 10.3. The predicted octanol–water partition coefficient (Wildman–Crippen LogP) is 1.63. The molecule has 2 heterocycles. The maximum Gasteiger partial charge on any atom is 0.317 e. The summed E-state index contributed by atoms with van der Waals surface area (Å²) in [4.78, 5) is 27.1. The van der Waals surface area contributed by atoms with Crippen molar-refractivity contribution in [3.63, 3.8) is 0 Å². The Balaban J connectivity index is 2.18. The van der Waals surface area contributed by atoms with E-state index in [4.69, 9.17) is 5.11 Å². The molecule has 0 saturated carbocycles. The lowest BCUT2D eigenvalue weighted by Gasteiger charge is -2.18. The van der Waals surface area contributed by atoms with Gasteiger partial charge in [0.2, 0.25) is 5.91 Å². The second kappa shape index (κ2) is 3.59. The first-order valence-corrected chi connectivity index (χ1v) is 5.95. The molecule has 2 aromatic rings. The van der Waals surface area contributed by atoms with Crippen molar-refractivity contribution in [3.8, 4) is 0 Å². The van der Waals surface area contributed by atoms with Gasteiger partial charge in [-0.05, 0) is 12.1 Å². The largest absolute Gasteiger partial charge is 0.480 e. The van der Waals surface area contributed by atoms with Crippen molar-refractivity contribution in [2.24, 2.45) is 0 Å². The summed E-state index contributed by atoms with van der Waals surface area (Å²) < 4.78 is 1.50. The summed E-state index contributed by atoms with van der Waals surface area (Å²) in [6, 6.07) is 7.29. The van der Waals surface area contributed by atoms with Gasteiger partial charge in [0.15, 0.2) is 5.16 Å². The molecule has 0 radical (unpaired) electrons. The zero-order valence-electron chi connectivity index (χ0n) is 8.66. The van der Waals surface area contributed by atoms with Crippen LogP contribution in [0.5, 0.6) is 0 Å². The number of hydrogen-bond acceptors (Lipinski definition) is 4. The Bertz CT molecular complexity index is 635. The van der Waals surface area contributed by atoms with E-state index in [1.54, 1.807) is 0 Å². The number of fused-ring (bicyclic) bond motifs is 3. The molecule has 0 bridgehead atoms. The molecule has 1 aromatic carbocycles. The minimum atomic E-state index is -0.971. The van der Waals surface area contributed by atoms with Crippen LogP contribution in [0.15, 0.2) is 29.4 Å². The molecule has 86 valence electrons. The number of hydrogen-bond donors (Lipinski definition) is 1. The zero-order chi connectivity index (χ0) is 12.0. The molecule has 1 atom stereocenters. The molecule has 0 fully saturated rings. The Hall–Kier alpha value is -1.82. The predicted molar refractivity (Wildman–Crippen MR) is 62.3 cm³/mol. The molecule has 17 heavy (non-hydrogen) atoms. The molecule has 1 aliphatic rings. The van der Waals surface area contributed by atoms with E-state index in [-0.39, 0.29) is 12.3 Å². The summed E-state index contributed by atoms with van der Waals surface area (Å²) >= 11 is 1.13. The van der Waals surface area contributed by atoms with Gasteiger partial charge in [0.1, 0.15) is 5.25 Å². The first-order chi connectivity index (χ1) is 8.16. The summed E-state index contributed by atoms with van der Waals surface area (Å²) in [7, 11) is 0. The molecule has 0 aliphatic carbocycles. The SMILES string of the molecule is O=C(O)[C@@H]1CC(=O)n2c(nc3ccccc32)S1. The van der Waals surface area contributed by atoms with Crippen LogP contribution in [0, 0.1) is 0 Å². The molecule has 0 amide bonds. The highest BCUT2D eigenvalue weighted by Crippen LogP contribution is 2.33. The van der Waals surface area contributed by atoms with Crippen LogP contribution in [0.4, 0.5) is 0 Å². The topological polar surface area (TPSA) is 72.2 Å². The van der Waals surface area contributed by atoms with Gasteiger partial charge in [0.25, 0.3) is 0 Å². The summed E-state index contributed by atoms with van der Waals surface area (Å²) in [6.07, 6.45) is 0.00730. The van der Waals surface area contributed by atoms with Crippen LogP contribution in [-0.2, 0) is 4.79 Å². The van der Waals surface area contributed by atoms with Gasteiger partial charge < -0.3 is 5.11 Å². The summed E-state index contributed by atoms with van der Waals surface area (Å²) in [6.45, 7) is 0. The highest BCUT2D eigenvalue weighted by molar-refractivity contribution is 8.00. The van der Waals surface area contributed by atoms with Crippen molar-refractivity contribution in [3.05, 3.63) is 24.3 Å². The third-order valence-electron chi connectivity index (χ3n) is 2.66. The van der Waals surface area contributed by atoms with Crippen molar-refractivity contribution < 1.29 is 14.7 Å². The smallest absolute Gasteiger partial charge is 0.317 e. The molecule has 0 saturated heterocycles. The van der Waals surface area contributed by atoms with Gasteiger partial charge in [0.05, 0.1) is 17.5 Å². The molecule has 1 N–H and O–H groups in total. The molecule has 1 aromatic heterocycles. The summed E-state index contributed by atoms with van der Waals surface area (Å²) in [5, 5.41) is 8.68. The average Bonchev–Trinajstić information content (AvgIpc) is 2.67. The quantitative estimate of drug-likeness (QED) is 0.830. The Morgan fingerprint density at radius 2 is 2.24 bits per heavy atom. The van der Waals surface area contributed by atoms with Gasteiger partial charge in [-0.2, -0.15) is 0 Å². The Kier molecular flexibility index (Phi) is 2.19. The van der Waals surface area contributed by atoms with Crippen LogP contribution in [0.2, 0.25) is 0 Å². The highest BCUT2D eigenvalue weighted by atomic mass is 32.2. The number of imidazole rings is 1. The van der Waals surface area contributed by atoms with E-state index >= 15 is 0 Å². The fourth-order valence-corrected chi connectivity index (χ4v) is 2.92. The second-order valence-corrected chi connectivity index (χ2v) is 4.93. The number of carbonyl (C=O) groups excluding carboxylic acids is 1. The number of carboxylic acid groups (broad SMARTS) is 1. The average molecular weight is 248 g/mol. The Morgan fingerprint density at radius 1 is 1.47 bits per heavy atom. The molecule has 6 heteroatoms. The van der Waals surface area contributed by atoms with Crippen molar-refractivity contribution in [1.82, 2.24) is 9.55 Å². The van der Waals surface area contributed by atoms with Gasteiger partial charge in [-0.15, -0.1) is 0 Å². The first-order valence-electron chi connectivity index (χ1n) is 5.07. The number of aromatic nitrogens is 2. The van der Waals surface area contributed by atoms with Crippen molar-refractivity contribution in [2.45, 2.75) is 16.8 Å². The number of rotatable bonds is 1.